The zero-order valence-electron chi connectivity index (χ0n) is 24.3. The van der Waals surface area contributed by atoms with Gasteiger partial charge in [-0.3, -0.25) is 9.59 Å². The topological polar surface area (TPSA) is 84.5 Å². The molecule has 5 rings (SSSR count). The second-order valence-electron chi connectivity index (χ2n) is 10.3. The van der Waals surface area contributed by atoms with Crippen LogP contribution >= 0.6 is 7.92 Å². The number of hydrogen-bond acceptors (Lipinski definition) is 4. The van der Waals surface area contributed by atoms with Gasteiger partial charge in [0.2, 0.25) is 0 Å². The van der Waals surface area contributed by atoms with E-state index in [1.165, 1.54) is 7.11 Å². The predicted molar refractivity (Wildman–Crippen MR) is 174 cm³/mol. The highest BCUT2D eigenvalue weighted by Crippen LogP contribution is 2.33. The molecule has 43 heavy (non-hydrogen) atoms. The van der Waals surface area contributed by atoms with E-state index in [1.807, 2.05) is 97.9 Å². The van der Waals surface area contributed by atoms with E-state index in [0.717, 1.165) is 32.2 Å². The Balaban J connectivity index is 1.57. The summed E-state index contributed by atoms with van der Waals surface area (Å²) in [5.74, 6) is -1.32. The minimum atomic E-state index is -1.10. The molecule has 0 fully saturated rings. The van der Waals surface area contributed by atoms with Crippen LogP contribution in [0.5, 0.6) is 0 Å². The standard InChI is InChI=1S/C36H33N2O4P/c1-24(32-20-12-14-26-13-10-11-19-33(26)32)37-34(39)27-21-28(35(40)38-25(2)36(41)42-3)23-31(22-27)43(29-15-6-4-7-16-29)30-17-8-5-9-18-30/h4-25H,1-3H3,(H,37,39)(H,38,40)/t24-,25-/m0/s1. The van der Waals surface area contributed by atoms with Gasteiger partial charge in [-0.15, -0.1) is 0 Å². The molecule has 0 aromatic heterocycles. The number of fused-ring (bicyclic) bond motifs is 1. The lowest BCUT2D eigenvalue weighted by Crippen LogP contribution is -2.39. The van der Waals surface area contributed by atoms with Gasteiger partial charge in [0.05, 0.1) is 13.2 Å². The molecule has 0 radical (unpaired) electrons. The summed E-state index contributed by atoms with van der Waals surface area (Å²) < 4.78 is 4.79. The van der Waals surface area contributed by atoms with Crippen LogP contribution in [0.25, 0.3) is 10.8 Å². The number of ether oxygens (including phenoxy) is 1. The van der Waals surface area contributed by atoms with Crippen LogP contribution in [0, 0.1) is 0 Å². The number of hydrogen-bond donors (Lipinski definition) is 2. The minimum absolute atomic E-state index is 0.288. The maximum Gasteiger partial charge on any atom is 0.328 e. The zero-order chi connectivity index (χ0) is 30.3. The summed E-state index contributed by atoms with van der Waals surface area (Å²) in [4.78, 5) is 39.3. The molecule has 0 aliphatic heterocycles. The lowest BCUT2D eigenvalue weighted by atomic mass is 9.99. The van der Waals surface area contributed by atoms with Crippen LogP contribution in [-0.2, 0) is 9.53 Å². The molecule has 0 heterocycles. The molecule has 0 saturated carbocycles. The van der Waals surface area contributed by atoms with Crippen molar-refractivity contribution in [3.8, 4) is 0 Å². The fourth-order valence-corrected chi connectivity index (χ4v) is 7.48. The summed E-state index contributed by atoms with van der Waals surface area (Å²) in [5, 5.41) is 11.0. The van der Waals surface area contributed by atoms with E-state index in [1.54, 1.807) is 13.0 Å². The number of carbonyl (C=O) groups excluding carboxylic acids is 3. The SMILES string of the molecule is COC(=O)[C@H](C)NC(=O)c1cc(C(=O)N[C@@H](C)c2cccc3ccccc23)cc(P(c2ccccc2)c2ccccc2)c1. The largest absolute Gasteiger partial charge is 0.467 e. The molecule has 0 unspecified atom stereocenters. The van der Waals surface area contributed by atoms with Crippen molar-refractivity contribution in [2.45, 2.75) is 25.9 Å². The van der Waals surface area contributed by atoms with Crippen molar-refractivity contribution >= 4 is 52.4 Å². The van der Waals surface area contributed by atoms with Crippen molar-refractivity contribution in [2.24, 2.45) is 0 Å². The van der Waals surface area contributed by atoms with Crippen molar-refractivity contribution in [3.63, 3.8) is 0 Å². The second kappa shape index (κ2) is 13.5. The summed E-state index contributed by atoms with van der Waals surface area (Å²) in [6, 6.07) is 38.4. The number of amides is 2. The predicted octanol–water partition coefficient (Wildman–Crippen LogP) is 5.38. The molecule has 6 nitrogen and oxygen atoms in total. The van der Waals surface area contributed by atoms with Gasteiger partial charge in [0.25, 0.3) is 11.8 Å². The van der Waals surface area contributed by atoms with Crippen molar-refractivity contribution < 1.29 is 19.1 Å². The van der Waals surface area contributed by atoms with E-state index in [4.69, 9.17) is 4.74 Å². The lowest BCUT2D eigenvalue weighted by molar-refractivity contribution is -0.142. The Hall–Kier alpha value is -4.80. The molecular weight excluding hydrogens is 555 g/mol. The van der Waals surface area contributed by atoms with Gasteiger partial charge in [0.1, 0.15) is 6.04 Å². The van der Waals surface area contributed by atoms with Crippen LogP contribution in [-0.4, -0.2) is 30.9 Å². The molecule has 2 atom stereocenters. The Morgan fingerprint density at radius 3 is 1.77 bits per heavy atom. The normalized spacial score (nSPS) is 12.4. The Labute approximate surface area is 252 Å². The maximum absolute atomic E-state index is 13.9. The first-order valence-electron chi connectivity index (χ1n) is 14.1. The Morgan fingerprint density at radius 1 is 0.628 bits per heavy atom. The van der Waals surface area contributed by atoms with E-state index < -0.39 is 25.8 Å². The highest BCUT2D eigenvalue weighted by molar-refractivity contribution is 7.79. The summed E-state index contributed by atoms with van der Waals surface area (Å²) in [5.41, 5.74) is 1.65. The first-order chi connectivity index (χ1) is 20.9. The minimum Gasteiger partial charge on any atom is -0.467 e. The number of benzene rings is 5. The first kappa shape index (κ1) is 29.7. The van der Waals surface area contributed by atoms with Gasteiger partial charge in [0, 0.05) is 11.1 Å². The molecule has 5 aromatic rings. The molecular formula is C36H33N2O4P. The number of nitrogens with one attached hydrogen (secondary N) is 2. The van der Waals surface area contributed by atoms with E-state index in [-0.39, 0.29) is 17.5 Å². The fraction of sp³-hybridized carbons (Fsp3) is 0.139. The third-order valence-electron chi connectivity index (χ3n) is 7.27. The monoisotopic (exact) mass is 588 g/mol. The average Bonchev–Trinajstić information content (AvgIpc) is 3.05. The molecule has 0 aliphatic rings. The molecule has 0 saturated heterocycles. The van der Waals surface area contributed by atoms with E-state index in [0.29, 0.717) is 5.56 Å². The van der Waals surface area contributed by atoms with Gasteiger partial charge in [-0.25, -0.2) is 4.79 Å². The number of methoxy groups -OCH3 is 1. The van der Waals surface area contributed by atoms with Gasteiger partial charge in [-0.05, 0) is 72.2 Å². The fourth-order valence-electron chi connectivity index (χ4n) is 5.11. The molecule has 5 aromatic carbocycles. The van der Waals surface area contributed by atoms with Gasteiger partial charge in [-0.2, -0.15) is 0 Å². The van der Waals surface area contributed by atoms with Crippen molar-refractivity contribution in [3.05, 3.63) is 138 Å². The highest BCUT2D eigenvalue weighted by Gasteiger charge is 2.24. The van der Waals surface area contributed by atoms with Crippen LogP contribution in [0.15, 0.2) is 121 Å². The quantitative estimate of drug-likeness (QED) is 0.179. The van der Waals surface area contributed by atoms with Crippen molar-refractivity contribution in [2.75, 3.05) is 7.11 Å². The van der Waals surface area contributed by atoms with Gasteiger partial charge >= 0.3 is 5.97 Å². The third-order valence-corrected chi connectivity index (χ3v) is 9.67. The molecule has 7 heteroatoms. The average molecular weight is 589 g/mol. The van der Waals surface area contributed by atoms with Crippen molar-refractivity contribution in [1.29, 1.82) is 0 Å². The Morgan fingerprint density at radius 2 is 1.16 bits per heavy atom. The summed E-state index contributed by atoms with van der Waals surface area (Å²) in [7, 11) is 0.173. The summed E-state index contributed by atoms with van der Waals surface area (Å²) >= 11 is 0. The second-order valence-corrected chi connectivity index (χ2v) is 12.5. The summed E-state index contributed by atoms with van der Waals surface area (Å²) in [6.07, 6.45) is 0. The van der Waals surface area contributed by atoms with E-state index >= 15 is 0 Å². The third kappa shape index (κ3) is 6.82. The van der Waals surface area contributed by atoms with E-state index in [9.17, 15) is 14.4 Å². The van der Waals surface area contributed by atoms with Gasteiger partial charge < -0.3 is 15.4 Å². The maximum atomic E-state index is 13.9. The van der Waals surface area contributed by atoms with Crippen LogP contribution in [0.1, 0.15) is 46.2 Å². The first-order valence-corrected chi connectivity index (χ1v) is 15.4. The molecule has 0 spiro atoms. The Bertz CT molecular complexity index is 1710. The van der Waals surface area contributed by atoms with Crippen LogP contribution in [0.3, 0.4) is 0 Å². The summed E-state index contributed by atoms with van der Waals surface area (Å²) in [6.45, 7) is 3.52. The number of carbonyl (C=O) groups is 3. The van der Waals surface area contributed by atoms with E-state index in [2.05, 4.69) is 34.9 Å². The van der Waals surface area contributed by atoms with Crippen LogP contribution < -0.4 is 26.5 Å². The number of esters is 1. The molecule has 0 aliphatic carbocycles. The van der Waals surface area contributed by atoms with Gasteiger partial charge in [0.15, 0.2) is 0 Å². The molecule has 2 amide bonds. The highest BCUT2D eigenvalue weighted by atomic mass is 31.1. The Kier molecular flexibility index (Phi) is 9.29. The van der Waals surface area contributed by atoms with Crippen LogP contribution in [0.4, 0.5) is 0 Å². The molecule has 216 valence electrons. The van der Waals surface area contributed by atoms with Crippen molar-refractivity contribution in [1.82, 2.24) is 10.6 Å². The van der Waals surface area contributed by atoms with Gasteiger partial charge in [-0.1, -0.05) is 103 Å². The molecule has 2 N–H and O–H groups in total. The van der Waals surface area contributed by atoms with Crippen LogP contribution in [0.2, 0.25) is 0 Å². The number of rotatable bonds is 9. The smallest absolute Gasteiger partial charge is 0.328 e. The lowest BCUT2D eigenvalue weighted by Gasteiger charge is -2.22. The molecule has 0 bridgehead atoms. The zero-order valence-corrected chi connectivity index (χ0v) is 25.2.